The molecule has 0 aromatic carbocycles. The zero-order valence-corrected chi connectivity index (χ0v) is 7.20. The summed E-state index contributed by atoms with van der Waals surface area (Å²) >= 11 is 0. The average molecular weight is 183 g/mol. The highest BCUT2D eigenvalue weighted by Crippen LogP contribution is 2.02. The van der Waals surface area contributed by atoms with Gasteiger partial charge in [-0.15, -0.1) is 0 Å². The molecule has 13 heavy (non-hydrogen) atoms. The molecule has 0 saturated carbocycles. The third-order valence-electron chi connectivity index (χ3n) is 1.33. The van der Waals surface area contributed by atoms with Gasteiger partial charge in [-0.1, -0.05) is 0 Å². The van der Waals surface area contributed by atoms with E-state index in [4.69, 9.17) is 17.2 Å². The van der Waals surface area contributed by atoms with Crippen molar-refractivity contribution in [2.24, 2.45) is 5.73 Å². The Hall–Kier alpha value is -1.63. The highest BCUT2D eigenvalue weighted by atomic mass is 15.2. The van der Waals surface area contributed by atoms with Crippen LogP contribution in [0.3, 0.4) is 0 Å². The van der Waals surface area contributed by atoms with E-state index in [2.05, 4.69) is 20.3 Å². The summed E-state index contributed by atoms with van der Waals surface area (Å²) in [7, 11) is 0. The molecule has 0 bridgehead atoms. The van der Waals surface area contributed by atoms with Crippen LogP contribution in [-0.2, 0) is 0 Å². The second-order valence-corrected chi connectivity index (χ2v) is 2.44. The van der Waals surface area contributed by atoms with E-state index in [1.807, 2.05) is 0 Å². The predicted molar refractivity (Wildman–Crippen MR) is 50.8 cm³/mol. The van der Waals surface area contributed by atoms with Gasteiger partial charge in [-0.25, -0.2) is 0 Å². The van der Waals surface area contributed by atoms with Crippen LogP contribution in [0.15, 0.2) is 0 Å². The zero-order chi connectivity index (χ0) is 9.68. The summed E-state index contributed by atoms with van der Waals surface area (Å²) in [6.45, 7) is 1.31. The zero-order valence-electron chi connectivity index (χ0n) is 7.20. The lowest BCUT2D eigenvalue weighted by atomic mass is 10.4. The molecule has 0 atom stereocenters. The minimum Gasteiger partial charge on any atom is -0.368 e. The van der Waals surface area contributed by atoms with Crippen molar-refractivity contribution in [2.75, 3.05) is 29.9 Å². The lowest BCUT2D eigenvalue weighted by molar-refractivity contribution is 0.862. The molecular weight excluding hydrogens is 170 g/mol. The van der Waals surface area contributed by atoms with Crippen LogP contribution in [0.1, 0.15) is 6.42 Å². The number of anilines is 3. The molecule has 1 aromatic rings. The third-order valence-corrected chi connectivity index (χ3v) is 1.33. The van der Waals surface area contributed by atoms with Crippen molar-refractivity contribution in [1.29, 1.82) is 0 Å². The number of nitrogens with zero attached hydrogens (tertiary/aromatic N) is 3. The fourth-order valence-electron chi connectivity index (χ4n) is 0.791. The van der Waals surface area contributed by atoms with E-state index in [1.54, 1.807) is 0 Å². The van der Waals surface area contributed by atoms with Crippen LogP contribution in [0, 0.1) is 0 Å². The number of nitrogens with two attached hydrogens (primary N) is 3. The van der Waals surface area contributed by atoms with Crippen LogP contribution in [0.25, 0.3) is 0 Å². The second kappa shape index (κ2) is 4.41. The van der Waals surface area contributed by atoms with Gasteiger partial charge in [-0.05, 0) is 13.0 Å². The Kier molecular flexibility index (Phi) is 3.21. The molecule has 0 spiro atoms. The lowest BCUT2D eigenvalue weighted by Crippen LogP contribution is -2.12. The van der Waals surface area contributed by atoms with E-state index < -0.39 is 0 Å². The SMILES string of the molecule is NCCCNc1nc(N)nc(N)n1. The largest absolute Gasteiger partial charge is 0.368 e. The van der Waals surface area contributed by atoms with Crippen molar-refractivity contribution in [1.82, 2.24) is 15.0 Å². The number of rotatable bonds is 4. The molecule has 0 aliphatic heterocycles. The van der Waals surface area contributed by atoms with E-state index >= 15 is 0 Å². The quantitative estimate of drug-likeness (QED) is 0.431. The van der Waals surface area contributed by atoms with Gasteiger partial charge in [0.15, 0.2) is 0 Å². The monoisotopic (exact) mass is 183 g/mol. The molecule has 1 aromatic heterocycles. The van der Waals surface area contributed by atoms with Crippen LogP contribution in [0.5, 0.6) is 0 Å². The van der Waals surface area contributed by atoms with Crippen LogP contribution in [-0.4, -0.2) is 28.0 Å². The second-order valence-electron chi connectivity index (χ2n) is 2.44. The molecule has 0 amide bonds. The first kappa shape index (κ1) is 9.46. The maximum Gasteiger partial charge on any atom is 0.229 e. The summed E-state index contributed by atoms with van der Waals surface area (Å²) in [6.07, 6.45) is 0.839. The first-order valence-electron chi connectivity index (χ1n) is 3.93. The summed E-state index contributed by atoms with van der Waals surface area (Å²) in [4.78, 5) is 11.3. The van der Waals surface area contributed by atoms with Crippen LogP contribution in [0.4, 0.5) is 17.8 Å². The summed E-state index contributed by atoms with van der Waals surface area (Å²) in [6, 6.07) is 0. The third kappa shape index (κ3) is 3.08. The normalized spacial score (nSPS) is 9.92. The van der Waals surface area contributed by atoms with Gasteiger partial charge in [0.05, 0.1) is 0 Å². The fourth-order valence-corrected chi connectivity index (χ4v) is 0.791. The molecule has 0 unspecified atom stereocenters. The first-order valence-corrected chi connectivity index (χ1v) is 3.93. The Labute approximate surface area is 75.8 Å². The average Bonchev–Trinajstić information content (AvgIpc) is 2.03. The molecule has 1 heterocycles. The number of nitrogens with one attached hydrogen (secondary N) is 1. The molecule has 0 fully saturated rings. The summed E-state index contributed by atoms with van der Waals surface area (Å²) in [5.41, 5.74) is 16.0. The Morgan fingerprint density at radius 1 is 1.08 bits per heavy atom. The molecule has 7 nitrogen and oxygen atoms in total. The topological polar surface area (TPSA) is 129 Å². The summed E-state index contributed by atoms with van der Waals surface area (Å²) < 4.78 is 0. The minimum absolute atomic E-state index is 0.114. The molecule has 1 rings (SSSR count). The fraction of sp³-hybridized carbons (Fsp3) is 0.500. The van der Waals surface area contributed by atoms with E-state index in [1.165, 1.54) is 0 Å². The Bertz CT molecular complexity index is 253. The molecular formula is C6H13N7. The van der Waals surface area contributed by atoms with E-state index in [0.29, 0.717) is 19.0 Å². The Morgan fingerprint density at radius 3 is 2.23 bits per heavy atom. The summed E-state index contributed by atoms with van der Waals surface area (Å²) in [5.74, 6) is 0.615. The highest BCUT2D eigenvalue weighted by Gasteiger charge is 1.99. The number of nitrogen functional groups attached to an aromatic ring is 2. The van der Waals surface area contributed by atoms with Crippen LogP contribution in [0.2, 0.25) is 0 Å². The number of hydrogen-bond donors (Lipinski definition) is 4. The van der Waals surface area contributed by atoms with Gasteiger partial charge < -0.3 is 22.5 Å². The highest BCUT2D eigenvalue weighted by molar-refractivity contribution is 5.36. The molecule has 72 valence electrons. The van der Waals surface area contributed by atoms with E-state index in [0.717, 1.165) is 6.42 Å². The van der Waals surface area contributed by atoms with E-state index in [9.17, 15) is 0 Å². The van der Waals surface area contributed by atoms with Gasteiger partial charge in [0.25, 0.3) is 0 Å². The van der Waals surface area contributed by atoms with Gasteiger partial charge in [-0.2, -0.15) is 15.0 Å². The van der Waals surface area contributed by atoms with Crippen LogP contribution >= 0.6 is 0 Å². The molecule has 0 radical (unpaired) electrons. The van der Waals surface area contributed by atoms with Gasteiger partial charge in [-0.3, -0.25) is 0 Å². The summed E-state index contributed by atoms with van der Waals surface area (Å²) in [5, 5.41) is 2.92. The van der Waals surface area contributed by atoms with E-state index in [-0.39, 0.29) is 11.9 Å². The van der Waals surface area contributed by atoms with Crippen molar-refractivity contribution in [3.63, 3.8) is 0 Å². The molecule has 0 saturated heterocycles. The lowest BCUT2D eigenvalue weighted by Gasteiger charge is -2.03. The molecule has 7 N–H and O–H groups in total. The number of hydrogen-bond acceptors (Lipinski definition) is 7. The van der Waals surface area contributed by atoms with Crippen molar-refractivity contribution in [2.45, 2.75) is 6.42 Å². The predicted octanol–water partition coefficient (Wildman–Crippen LogP) is -1.20. The standard InChI is InChI=1S/C6H13N7/c7-2-1-3-10-6-12-4(8)11-5(9)13-6/h1-3,7H2,(H5,8,9,10,11,12,13). The maximum atomic E-state index is 5.36. The Morgan fingerprint density at radius 2 is 1.69 bits per heavy atom. The van der Waals surface area contributed by atoms with Gasteiger partial charge in [0, 0.05) is 6.54 Å². The van der Waals surface area contributed by atoms with Gasteiger partial charge in [0.2, 0.25) is 17.8 Å². The van der Waals surface area contributed by atoms with Crippen molar-refractivity contribution >= 4 is 17.8 Å². The first-order chi connectivity index (χ1) is 6.22. The molecule has 7 heteroatoms. The van der Waals surface area contributed by atoms with Gasteiger partial charge in [0.1, 0.15) is 0 Å². The van der Waals surface area contributed by atoms with Crippen molar-refractivity contribution < 1.29 is 0 Å². The molecule has 0 aliphatic carbocycles. The van der Waals surface area contributed by atoms with Gasteiger partial charge >= 0.3 is 0 Å². The Balaban J connectivity index is 2.56. The van der Waals surface area contributed by atoms with Crippen LogP contribution < -0.4 is 22.5 Å². The van der Waals surface area contributed by atoms with Crippen molar-refractivity contribution in [3.8, 4) is 0 Å². The minimum atomic E-state index is 0.114. The number of aromatic nitrogens is 3. The maximum absolute atomic E-state index is 5.36. The smallest absolute Gasteiger partial charge is 0.229 e. The molecule has 0 aliphatic rings. The van der Waals surface area contributed by atoms with Crippen molar-refractivity contribution in [3.05, 3.63) is 0 Å².